The van der Waals surface area contributed by atoms with E-state index < -0.39 is 12.0 Å². The van der Waals surface area contributed by atoms with Gasteiger partial charge in [0, 0.05) is 6.04 Å². The van der Waals surface area contributed by atoms with Crippen molar-refractivity contribution >= 4 is 18.0 Å². The smallest absolute Gasteiger partial charge is 0.323 e. The Morgan fingerprint density at radius 1 is 1.52 bits per heavy atom. The van der Waals surface area contributed by atoms with Crippen LogP contribution in [0, 0.1) is 24.2 Å². The number of hydrogen-bond donors (Lipinski definition) is 3. The molecular weight excluding hydrogens is 274 g/mol. The van der Waals surface area contributed by atoms with Gasteiger partial charge in [0.05, 0.1) is 12.1 Å². The van der Waals surface area contributed by atoms with E-state index in [1.807, 2.05) is 20.8 Å². The molecule has 1 aliphatic carbocycles. The van der Waals surface area contributed by atoms with Crippen molar-refractivity contribution < 1.29 is 19.1 Å². The number of aliphatic carboxylic acids is 1. The van der Waals surface area contributed by atoms with Crippen LogP contribution in [0.15, 0.2) is 10.6 Å². The predicted molar refractivity (Wildman–Crippen MR) is 75.9 cm³/mol. The van der Waals surface area contributed by atoms with Crippen molar-refractivity contribution in [1.82, 2.24) is 10.3 Å². The number of aryl methyl sites for hydroxylation is 1. The zero-order valence-corrected chi connectivity index (χ0v) is 12.6. The predicted octanol–water partition coefficient (Wildman–Crippen LogP) is 2.24. The molecule has 0 aromatic carbocycles. The maximum Gasteiger partial charge on any atom is 0.323 e. The zero-order chi connectivity index (χ0) is 15.8. The van der Waals surface area contributed by atoms with Gasteiger partial charge in [-0.1, -0.05) is 13.8 Å². The normalized spacial score (nSPS) is 24.8. The Labute approximate surface area is 123 Å². The van der Waals surface area contributed by atoms with E-state index in [1.54, 1.807) is 6.92 Å². The number of carbonyl (C=O) groups is 2. The molecule has 1 heterocycles. The number of anilines is 1. The van der Waals surface area contributed by atoms with Gasteiger partial charge in [-0.2, -0.15) is 0 Å². The lowest BCUT2D eigenvalue weighted by atomic mass is 9.53. The number of urea groups is 1. The number of nitrogens with zero attached hydrogens (tertiary/aromatic N) is 1. The summed E-state index contributed by atoms with van der Waals surface area (Å²) < 4.78 is 5.17. The highest BCUT2D eigenvalue weighted by molar-refractivity contribution is 5.87. The van der Waals surface area contributed by atoms with E-state index in [0.29, 0.717) is 12.2 Å². The van der Waals surface area contributed by atoms with Crippen LogP contribution in [0.5, 0.6) is 0 Å². The highest BCUT2D eigenvalue weighted by atomic mass is 16.4. The molecule has 2 amide bonds. The Balaban J connectivity index is 1.89. The molecule has 1 aliphatic rings. The molecule has 1 aromatic rings. The topological polar surface area (TPSA) is 104 Å². The second kappa shape index (κ2) is 5.38. The lowest BCUT2D eigenvalue weighted by molar-refractivity contribution is -0.160. The Kier molecular flexibility index (Phi) is 3.93. The highest BCUT2D eigenvalue weighted by Crippen LogP contribution is 2.52. The summed E-state index contributed by atoms with van der Waals surface area (Å²) in [6.45, 7) is 7.47. The number of carbonyl (C=O) groups excluding carboxylic acids is 1. The third kappa shape index (κ3) is 3.01. The minimum atomic E-state index is -0.775. The number of oxazole rings is 1. The van der Waals surface area contributed by atoms with Crippen molar-refractivity contribution in [3.05, 3.63) is 12.0 Å². The zero-order valence-electron chi connectivity index (χ0n) is 12.6. The number of aromatic nitrogens is 1. The van der Waals surface area contributed by atoms with Crippen molar-refractivity contribution in [2.75, 3.05) is 5.32 Å². The molecule has 3 N–H and O–H groups in total. The molecule has 0 spiro atoms. The second-order valence-corrected chi connectivity index (χ2v) is 6.22. The third-order valence-corrected chi connectivity index (χ3v) is 4.45. The lowest BCUT2D eigenvalue weighted by Gasteiger charge is -2.52. The summed E-state index contributed by atoms with van der Waals surface area (Å²) in [5.74, 6) is -0.397. The highest BCUT2D eigenvalue weighted by Gasteiger charge is 2.53. The van der Waals surface area contributed by atoms with Crippen LogP contribution < -0.4 is 10.6 Å². The van der Waals surface area contributed by atoms with Crippen molar-refractivity contribution in [3.63, 3.8) is 0 Å². The molecule has 7 heteroatoms. The van der Waals surface area contributed by atoms with Gasteiger partial charge in [-0.05, 0) is 31.6 Å². The number of nitrogens with one attached hydrogen (secondary N) is 2. The van der Waals surface area contributed by atoms with Crippen LogP contribution in [0.1, 0.15) is 33.0 Å². The van der Waals surface area contributed by atoms with Gasteiger partial charge in [0.15, 0.2) is 0 Å². The fourth-order valence-corrected chi connectivity index (χ4v) is 3.08. The van der Waals surface area contributed by atoms with Gasteiger partial charge in [0.25, 0.3) is 0 Å². The molecule has 21 heavy (non-hydrogen) atoms. The number of hydrogen-bond acceptors (Lipinski definition) is 4. The Morgan fingerprint density at radius 2 is 2.19 bits per heavy atom. The van der Waals surface area contributed by atoms with Crippen molar-refractivity contribution in [3.8, 4) is 0 Å². The van der Waals surface area contributed by atoms with E-state index in [1.165, 1.54) is 6.20 Å². The lowest BCUT2D eigenvalue weighted by Crippen LogP contribution is -2.57. The molecule has 0 radical (unpaired) electrons. The molecule has 0 bridgehead atoms. The largest absolute Gasteiger partial charge is 0.481 e. The van der Waals surface area contributed by atoms with Crippen molar-refractivity contribution in [1.29, 1.82) is 0 Å². The molecule has 1 fully saturated rings. The van der Waals surface area contributed by atoms with Gasteiger partial charge in [0.2, 0.25) is 0 Å². The summed E-state index contributed by atoms with van der Waals surface area (Å²) in [6.07, 6.45) is 2.09. The molecule has 1 saturated carbocycles. The summed E-state index contributed by atoms with van der Waals surface area (Å²) >= 11 is 0. The van der Waals surface area contributed by atoms with Crippen molar-refractivity contribution in [2.24, 2.45) is 17.3 Å². The number of rotatable bonds is 4. The van der Waals surface area contributed by atoms with Crippen LogP contribution in [0.4, 0.5) is 10.8 Å². The maximum absolute atomic E-state index is 11.9. The van der Waals surface area contributed by atoms with Crippen LogP contribution >= 0.6 is 0 Å². The van der Waals surface area contributed by atoms with E-state index in [-0.39, 0.29) is 29.3 Å². The standard InChI is InChI=1S/C14H21N3O4/c1-7-6-15-13(21-7)17-12(20)16-8(2)9-5-10(11(18)19)14(9,3)4/h6,8-10H,5H2,1-4H3,(H,18,19)(H2,15,16,17,20)/t8?,9-,10+/m0/s1. The number of carboxylic acid groups (broad SMARTS) is 1. The van der Waals surface area contributed by atoms with Crippen LogP contribution in [0.2, 0.25) is 0 Å². The van der Waals surface area contributed by atoms with E-state index >= 15 is 0 Å². The van der Waals surface area contributed by atoms with Gasteiger partial charge in [-0.25, -0.2) is 9.78 Å². The van der Waals surface area contributed by atoms with E-state index in [2.05, 4.69) is 15.6 Å². The summed E-state index contributed by atoms with van der Waals surface area (Å²) in [5, 5.41) is 14.5. The molecule has 0 aliphatic heterocycles. The Hall–Kier alpha value is -2.05. The Bertz CT molecular complexity index is 552. The monoisotopic (exact) mass is 295 g/mol. The van der Waals surface area contributed by atoms with Gasteiger partial charge in [0.1, 0.15) is 5.76 Å². The fourth-order valence-electron chi connectivity index (χ4n) is 3.08. The maximum atomic E-state index is 11.9. The van der Waals surface area contributed by atoms with Crippen LogP contribution in [-0.2, 0) is 4.79 Å². The molecule has 7 nitrogen and oxygen atoms in total. The molecular formula is C14H21N3O4. The molecule has 2 rings (SSSR count). The number of carboxylic acids is 1. The first-order chi connectivity index (χ1) is 9.71. The summed E-state index contributed by atoms with van der Waals surface area (Å²) in [4.78, 5) is 26.9. The SMILES string of the molecule is Cc1cnc(NC(=O)NC(C)[C@@H]2C[C@H](C(=O)O)C2(C)C)o1. The Morgan fingerprint density at radius 3 is 2.67 bits per heavy atom. The second-order valence-electron chi connectivity index (χ2n) is 6.22. The molecule has 3 atom stereocenters. The van der Waals surface area contributed by atoms with Gasteiger partial charge < -0.3 is 14.8 Å². The first-order valence-corrected chi connectivity index (χ1v) is 6.94. The minimum absolute atomic E-state index is 0.121. The van der Waals surface area contributed by atoms with Crippen molar-refractivity contribution in [2.45, 2.75) is 40.2 Å². The first kappa shape index (κ1) is 15.3. The molecule has 1 unspecified atom stereocenters. The van der Waals surface area contributed by atoms with Gasteiger partial charge in [-0.3, -0.25) is 10.1 Å². The fraction of sp³-hybridized carbons (Fsp3) is 0.643. The van der Waals surface area contributed by atoms with E-state index in [9.17, 15) is 9.59 Å². The summed E-state index contributed by atoms with van der Waals surface area (Å²) in [6, 6.07) is -0.390. The molecule has 1 aromatic heterocycles. The molecule has 0 saturated heterocycles. The van der Waals surface area contributed by atoms with E-state index in [0.717, 1.165) is 0 Å². The number of amides is 2. The average Bonchev–Trinajstić information content (AvgIpc) is 2.72. The van der Waals surface area contributed by atoms with Crippen LogP contribution in [0.3, 0.4) is 0 Å². The minimum Gasteiger partial charge on any atom is -0.481 e. The third-order valence-electron chi connectivity index (χ3n) is 4.45. The first-order valence-electron chi connectivity index (χ1n) is 6.94. The quantitative estimate of drug-likeness (QED) is 0.790. The van der Waals surface area contributed by atoms with Gasteiger partial charge in [-0.15, -0.1) is 0 Å². The van der Waals surface area contributed by atoms with Gasteiger partial charge >= 0.3 is 18.0 Å². The average molecular weight is 295 g/mol. The summed E-state index contributed by atoms with van der Waals surface area (Å²) in [5.41, 5.74) is -0.335. The van der Waals surface area contributed by atoms with Crippen LogP contribution in [-0.4, -0.2) is 28.1 Å². The van der Waals surface area contributed by atoms with Crippen LogP contribution in [0.25, 0.3) is 0 Å². The summed E-state index contributed by atoms with van der Waals surface area (Å²) in [7, 11) is 0. The van der Waals surface area contributed by atoms with E-state index in [4.69, 9.17) is 9.52 Å². The molecule has 116 valence electrons.